The molecule has 9 heteroatoms. The summed E-state index contributed by atoms with van der Waals surface area (Å²) in [5, 5.41) is 7.13. The number of anilines is 2. The molecule has 2 aromatic rings. The Balaban J connectivity index is 1.25. The molecule has 0 spiro atoms. The summed E-state index contributed by atoms with van der Waals surface area (Å²) in [4.78, 5) is 40.0. The lowest BCUT2D eigenvalue weighted by Gasteiger charge is -2.43. The highest BCUT2D eigenvalue weighted by atomic mass is 35.5. The van der Waals surface area contributed by atoms with Crippen LogP contribution in [0.1, 0.15) is 56.6 Å². The van der Waals surface area contributed by atoms with Gasteiger partial charge in [-0.3, -0.25) is 9.59 Å². The predicted octanol–water partition coefficient (Wildman–Crippen LogP) is 3.39. The molecule has 3 aliphatic heterocycles. The molecule has 6 rings (SSSR count). The molecule has 4 aliphatic rings. The minimum Gasteiger partial charge on any atom is -0.352 e. The largest absolute Gasteiger partial charge is 0.352 e. The number of nitrogens with zero attached hydrogens (tertiary/aromatic N) is 4. The molecule has 8 nitrogen and oxygen atoms in total. The molecule has 4 unspecified atom stereocenters. The fourth-order valence-electron chi connectivity index (χ4n) is 6.56. The Morgan fingerprint density at radius 2 is 1.83 bits per heavy atom. The smallest absolute Gasteiger partial charge is 0.232 e. The SMILES string of the molecule is CC(C)NC[C@@H](C(=O)N1C2CCC1CN(c1ncnc3c1C1C(C(=O)N3)[C@@H]1C)C2)c1ccc(Cl)cc1. The van der Waals surface area contributed by atoms with Crippen molar-refractivity contribution in [2.45, 2.75) is 63.6 Å². The molecule has 3 fully saturated rings. The highest BCUT2D eigenvalue weighted by molar-refractivity contribution is 6.30. The zero-order valence-corrected chi connectivity index (χ0v) is 21.7. The van der Waals surface area contributed by atoms with Crippen LogP contribution in [0, 0.1) is 11.8 Å². The number of aromatic nitrogens is 2. The average Bonchev–Trinajstić information content (AvgIpc) is 3.46. The normalized spacial score (nSPS) is 29.0. The van der Waals surface area contributed by atoms with Gasteiger partial charge in [0.25, 0.3) is 0 Å². The standard InChI is InChI=1S/C27H33ClN6O2/c1-14(2)29-10-20(16-4-6-17(28)7-5-16)27(36)34-18-8-9-19(34)12-33(11-18)25-23-21-15(3)22(21)26(35)32-24(23)30-13-31-25/h4-7,13-15,18-22,29H,8-12H2,1-3H3,(H,30,31,32,35)/t15-,18?,19?,20-,21?,22?/m1/s1. The maximum Gasteiger partial charge on any atom is 0.232 e. The van der Waals surface area contributed by atoms with E-state index in [1.807, 2.05) is 24.3 Å². The fraction of sp³-hybridized carbons (Fsp3) is 0.556. The number of hydrogen-bond donors (Lipinski definition) is 2. The first-order valence-electron chi connectivity index (χ1n) is 13.0. The zero-order valence-electron chi connectivity index (χ0n) is 20.9. The number of hydrogen-bond acceptors (Lipinski definition) is 6. The first-order valence-corrected chi connectivity index (χ1v) is 13.4. The molecule has 2 N–H and O–H groups in total. The van der Waals surface area contributed by atoms with Gasteiger partial charge in [0.15, 0.2) is 0 Å². The number of benzene rings is 1. The molecular weight excluding hydrogens is 476 g/mol. The monoisotopic (exact) mass is 508 g/mol. The van der Waals surface area contributed by atoms with Gasteiger partial charge in [0, 0.05) is 60.2 Å². The topological polar surface area (TPSA) is 90.5 Å². The third-order valence-corrected chi connectivity index (χ3v) is 8.71. The van der Waals surface area contributed by atoms with Gasteiger partial charge in [-0.2, -0.15) is 0 Å². The van der Waals surface area contributed by atoms with Crippen molar-refractivity contribution in [3.63, 3.8) is 0 Å². The molecule has 6 atom stereocenters. The van der Waals surface area contributed by atoms with Gasteiger partial charge in [-0.25, -0.2) is 9.97 Å². The average molecular weight is 509 g/mol. The van der Waals surface area contributed by atoms with Crippen LogP contribution < -0.4 is 15.5 Å². The molecule has 0 radical (unpaired) electrons. The van der Waals surface area contributed by atoms with E-state index in [1.54, 1.807) is 6.33 Å². The molecule has 36 heavy (non-hydrogen) atoms. The molecule has 190 valence electrons. The van der Waals surface area contributed by atoms with E-state index in [0.717, 1.165) is 42.9 Å². The summed E-state index contributed by atoms with van der Waals surface area (Å²) < 4.78 is 0. The molecule has 1 aromatic carbocycles. The summed E-state index contributed by atoms with van der Waals surface area (Å²) in [7, 11) is 0. The molecule has 2 bridgehead atoms. The van der Waals surface area contributed by atoms with Gasteiger partial charge >= 0.3 is 0 Å². The third-order valence-electron chi connectivity index (χ3n) is 8.46. The molecular formula is C27H33ClN6O2. The van der Waals surface area contributed by atoms with E-state index in [9.17, 15) is 9.59 Å². The van der Waals surface area contributed by atoms with Crippen LogP contribution in [-0.2, 0) is 9.59 Å². The number of halogens is 1. The van der Waals surface area contributed by atoms with E-state index in [4.69, 9.17) is 16.6 Å². The Hall–Kier alpha value is -2.71. The Morgan fingerprint density at radius 3 is 2.50 bits per heavy atom. The van der Waals surface area contributed by atoms with E-state index in [1.165, 1.54) is 0 Å². The van der Waals surface area contributed by atoms with Crippen molar-refractivity contribution in [1.29, 1.82) is 0 Å². The highest BCUT2D eigenvalue weighted by Crippen LogP contribution is 2.60. The highest BCUT2D eigenvalue weighted by Gasteiger charge is 2.58. The number of piperazine rings is 1. The molecule has 1 saturated carbocycles. The zero-order chi connectivity index (χ0) is 25.1. The molecule has 2 amide bonds. The van der Waals surface area contributed by atoms with Gasteiger partial charge in [0.05, 0.1) is 5.92 Å². The van der Waals surface area contributed by atoms with Gasteiger partial charge in [-0.05, 0) is 36.5 Å². The second-order valence-corrected chi connectivity index (χ2v) is 11.5. The molecule has 2 saturated heterocycles. The van der Waals surface area contributed by atoms with Gasteiger partial charge < -0.3 is 20.4 Å². The minimum atomic E-state index is -0.255. The molecule has 4 heterocycles. The van der Waals surface area contributed by atoms with Crippen LogP contribution in [0.3, 0.4) is 0 Å². The minimum absolute atomic E-state index is 0.0235. The Kier molecular flexibility index (Phi) is 5.91. The number of rotatable bonds is 6. The molecule has 1 aliphatic carbocycles. The van der Waals surface area contributed by atoms with Crippen LogP contribution in [0.25, 0.3) is 0 Å². The maximum atomic E-state index is 14.0. The number of carbonyl (C=O) groups is 2. The van der Waals surface area contributed by atoms with Crippen LogP contribution >= 0.6 is 11.6 Å². The Labute approximate surface area is 216 Å². The van der Waals surface area contributed by atoms with Crippen LogP contribution in [0.5, 0.6) is 0 Å². The van der Waals surface area contributed by atoms with Gasteiger partial charge in [-0.15, -0.1) is 0 Å². The Morgan fingerprint density at radius 1 is 1.14 bits per heavy atom. The second-order valence-electron chi connectivity index (χ2n) is 11.1. The third kappa shape index (κ3) is 3.95. The van der Waals surface area contributed by atoms with E-state index in [-0.39, 0.29) is 41.7 Å². The van der Waals surface area contributed by atoms with E-state index >= 15 is 0 Å². The van der Waals surface area contributed by atoms with Crippen LogP contribution in [0.15, 0.2) is 30.6 Å². The van der Waals surface area contributed by atoms with E-state index in [0.29, 0.717) is 29.3 Å². The predicted molar refractivity (Wildman–Crippen MR) is 139 cm³/mol. The number of nitrogens with one attached hydrogen (secondary N) is 2. The lowest BCUT2D eigenvalue weighted by molar-refractivity contribution is -0.136. The van der Waals surface area contributed by atoms with E-state index in [2.05, 4.69) is 46.2 Å². The van der Waals surface area contributed by atoms with Crippen LogP contribution in [0.4, 0.5) is 11.6 Å². The number of amides is 2. The molecule has 1 aromatic heterocycles. The Bertz CT molecular complexity index is 1170. The number of fused-ring (bicyclic) bond motifs is 5. The summed E-state index contributed by atoms with van der Waals surface area (Å²) in [6.45, 7) is 8.41. The van der Waals surface area contributed by atoms with Gasteiger partial charge in [-0.1, -0.05) is 44.5 Å². The quantitative estimate of drug-likeness (QED) is 0.621. The first kappa shape index (κ1) is 23.7. The van der Waals surface area contributed by atoms with Crippen molar-refractivity contribution in [1.82, 2.24) is 20.2 Å². The van der Waals surface area contributed by atoms with Crippen molar-refractivity contribution < 1.29 is 9.59 Å². The van der Waals surface area contributed by atoms with Crippen LogP contribution in [-0.4, -0.2) is 64.4 Å². The van der Waals surface area contributed by atoms with Gasteiger partial charge in [0.2, 0.25) is 11.8 Å². The van der Waals surface area contributed by atoms with Crippen molar-refractivity contribution in [3.05, 3.63) is 46.7 Å². The van der Waals surface area contributed by atoms with E-state index < -0.39 is 0 Å². The second kappa shape index (κ2) is 8.99. The van der Waals surface area contributed by atoms with Crippen molar-refractivity contribution in [3.8, 4) is 0 Å². The van der Waals surface area contributed by atoms with Crippen molar-refractivity contribution in [2.75, 3.05) is 29.9 Å². The van der Waals surface area contributed by atoms with Crippen LogP contribution in [0.2, 0.25) is 5.02 Å². The number of carbonyl (C=O) groups excluding carboxylic acids is 2. The fourth-order valence-corrected chi connectivity index (χ4v) is 6.69. The van der Waals surface area contributed by atoms with Crippen molar-refractivity contribution in [2.24, 2.45) is 11.8 Å². The summed E-state index contributed by atoms with van der Waals surface area (Å²) in [5.41, 5.74) is 2.07. The summed E-state index contributed by atoms with van der Waals surface area (Å²) in [5.74, 6) is 2.12. The summed E-state index contributed by atoms with van der Waals surface area (Å²) in [6, 6.07) is 8.24. The van der Waals surface area contributed by atoms with Gasteiger partial charge in [0.1, 0.15) is 18.0 Å². The lowest BCUT2D eigenvalue weighted by Crippen LogP contribution is -2.58. The first-order chi connectivity index (χ1) is 17.3. The van der Waals surface area contributed by atoms with Crippen molar-refractivity contribution >= 4 is 35.1 Å². The summed E-state index contributed by atoms with van der Waals surface area (Å²) >= 11 is 6.13. The maximum absolute atomic E-state index is 14.0. The lowest BCUT2D eigenvalue weighted by atomic mass is 9.95. The summed E-state index contributed by atoms with van der Waals surface area (Å²) in [6.07, 6.45) is 3.53.